The van der Waals surface area contributed by atoms with E-state index in [-0.39, 0.29) is 0 Å². The highest BCUT2D eigenvalue weighted by molar-refractivity contribution is 8.30. The lowest BCUT2D eigenvalue weighted by Gasteiger charge is -2.40. The van der Waals surface area contributed by atoms with Gasteiger partial charge in [0, 0.05) is 43.3 Å². The van der Waals surface area contributed by atoms with Crippen molar-refractivity contribution in [2.75, 3.05) is 0 Å². The molecule has 2 aliphatic heterocycles. The Bertz CT molecular complexity index is 1900. The number of allylic oxidation sites excluding steroid dienone is 4. The summed E-state index contributed by atoms with van der Waals surface area (Å²) in [5.41, 5.74) is 9.03. The van der Waals surface area contributed by atoms with Gasteiger partial charge in [-0.05, 0) is 60.8 Å². The van der Waals surface area contributed by atoms with Crippen LogP contribution in [0.3, 0.4) is 0 Å². The van der Waals surface area contributed by atoms with Crippen LogP contribution in [0.4, 0.5) is 0 Å². The summed E-state index contributed by atoms with van der Waals surface area (Å²) in [4.78, 5) is 26.2. The number of rotatable bonds is 2. The van der Waals surface area contributed by atoms with Crippen LogP contribution in [0.2, 0.25) is 0 Å². The Morgan fingerprint density at radius 1 is 0.500 bits per heavy atom. The molecule has 2 aromatic heterocycles. The quantitative estimate of drug-likeness (QED) is 0.199. The third kappa shape index (κ3) is 3.90. The van der Waals surface area contributed by atoms with Gasteiger partial charge < -0.3 is 0 Å². The van der Waals surface area contributed by atoms with Gasteiger partial charge in [0.1, 0.15) is 0 Å². The van der Waals surface area contributed by atoms with Gasteiger partial charge in [-0.1, -0.05) is 99.0 Å². The molecule has 0 spiro atoms. The number of hydrogen-bond donors (Lipinski definition) is 0. The van der Waals surface area contributed by atoms with Gasteiger partial charge in [-0.2, -0.15) is 0 Å². The van der Waals surface area contributed by atoms with Crippen LogP contribution in [0.1, 0.15) is 87.0 Å². The molecule has 4 heterocycles. The molecule has 2 aromatic carbocycles. The van der Waals surface area contributed by atoms with E-state index in [2.05, 4.69) is 76.3 Å². The zero-order valence-corrected chi connectivity index (χ0v) is 28.3. The van der Waals surface area contributed by atoms with E-state index in [0.717, 1.165) is 22.1 Å². The van der Waals surface area contributed by atoms with Crippen molar-refractivity contribution in [3.8, 4) is 0 Å². The molecule has 6 unspecified atom stereocenters. The number of thioether (sulfide) groups is 4. The molecule has 4 nitrogen and oxygen atoms in total. The number of fused-ring (bicyclic) bond motifs is 6. The molecule has 8 heteroatoms. The first-order valence-electron chi connectivity index (χ1n) is 15.9. The molecule has 6 aliphatic carbocycles. The molecule has 6 atom stereocenters. The Balaban J connectivity index is 0.972. The molecule has 0 saturated heterocycles. The standard InChI is InChI=1S/C36H32N4S4/c1-15(2)21-9-17-5-7-19(21)33-31(17)37-23-11-27-29(13-25(23)39-33)43-35(41-27)36-42-28-12-24-26(14-30(28)44-36)40-34-20-8-6-18(32(34)38-24)10-22(20)16(3)4/h5-8,11-22H,9-10H2,1-4H3/b36-35+. The average molecular weight is 649 g/mol. The second kappa shape index (κ2) is 9.63. The van der Waals surface area contributed by atoms with E-state index in [1.165, 1.54) is 63.7 Å². The molecular weight excluding hydrogens is 617 g/mol. The van der Waals surface area contributed by atoms with Crippen LogP contribution in [-0.2, 0) is 0 Å². The van der Waals surface area contributed by atoms with Crippen LogP contribution >= 0.6 is 47.0 Å². The van der Waals surface area contributed by atoms with E-state index in [9.17, 15) is 0 Å². The highest BCUT2D eigenvalue weighted by Crippen LogP contribution is 2.62. The maximum atomic E-state index is 5.28. The summed E-state index contributed by atoms with van der Waals surface area (Å²) in [6, 6.07) is 9.14. The molecule has 44 heavy (non-hydrogen) atoms. The third-order valence-corrected chi connectivity index (χ3v) is 16.2. The molecule has 4 aromatic rings. The van der Waals surface area contributed by atoms with E-state index in [0.29, 0.717) is 47.3 Å². The minimum absolute atomic E-state index is 0.401. The molecule has 220 valence electrons. The Kier molecular flexibility index (Phi) is 5.89. The van der Waals surface area contributed by atoms with Crippen LogP contribution < -0.4 is 0 Å². The second-order valence-electron chi connectivity index (χ2n) is 13.9. The number of nitrogens with zero attached hydrogens (tertiary/aromatic N) is 4. The summed E-state index contributed by atoms with van der Waals surface area (Å²) in [5.74, 6) is 4.25. The van der Waals surface area contributed by atoms with Gasteiger partial charge in [0.15, 0.2) is 0 Å². The zero-order chi connectivity index (χ0) is 29.4. The molecule has 0 N–H and O–H groups in total. The summed E-state index contributed by atoms with van der Waals surface area (Å²) >= 11 is 7.57. The van der Waals surface area contributed by atoms with Crippen LogP contribution in [0, 0.1) is 23.7 Å². The Morgan fingerprint density at radius 3 is 1.18 bits per heavy atom. The summed E-state index contributed by atoms with van der Waals surface area (Å²) < 4.78 is 2.72. The summed E-state index contributed by atoms with van der Waals surface area (Å²) in [7, 11) is 0. The van der Waals surface area contributed by atoms with Crippen molar-refractivity contribution in [2.45, 2.75) is 83.8 Å². The van der Waals surface area contributed by atoms with Gasteiger partial charge >= 0.3 is 0 Å². The first-order chi connectivity index (χ1) is 21.4. The van der Waals surface area contributed by atoms with Crippen LogP contribution in [0.5, 0.6) is 0 Å². The van der Waals surface area contributed by atoms with E-state index in [1.807, 2.05) is 47.0 Å². The predicted molar refractivity (Wildman–Crippen MR) is 185 cm³/mol. The maximum absolute atomic E-state index is 5.28. The third-order valence-electron chi connectivity index (χ3n) is 10.7. The Morgan fingerprint density at radius 2 is 0.841 bits per heavy atom. The zero-order valence-electron chi connectivity index (χ0n) is 25.1. The summed E-state index contributed by atoms with van der Waals surface area (Å²) in [6.45, 7) is 9.41. The lowest BCUT2D eigenvalue weighted by Crippen LogP contribution is -2.31. The normalized spacial score (nSPS) is 30.6. The monoisotopic (exact) mass is 648 g/mol. The topological polar surface area (TPSA) is 51.6 Å². The van der Waals surface area contributed by atoms with Crippen molar-refractivity contribution < 1.29 is 0 Å². The summed E-state index contributed by atoms with van der Waals surface area (Å²) in [6.07, 6.45) is 12.0. The molecule has 8 aliphatic rings. The van der Waals surface area contributed by atoms with Gasteiger partial charge in [-0.15, -0.1) is 0 Å². The van der Waals surface area contributed by atoms with Gasteiger partial charge in [-0.3, -0.25) is 0 Å². The van der Waals surface area contributed by atoms with Crippen molar-refractivity contribution in [3.63, 3.8) is 0 Å². The fraction of sp³-hybridized carbons (Fsp3) is 0.389. The van der Waals surface area contributed by atoms with Crippen molar-refractivity contribution >= 4 is 69.1 Å². The van der Waals surface area contributed by atoms with Crippen LogP contribution in [0.15, 0.2) is 76.6 Å². The summed E-state index contributed by atoms with van der Waals surface area (Å²) in [5, 5.41) is 0. The molecule has 4 bridgehead atoms. The lowest BCUT2D eigenvalue weighted by atomic mass is 9.65. The molecular formula is C36H32N4S4. The van der Waals surface area contributed by atoms with Crippen molar-refractivity contribution in [1.29, 1.82) is 0 Å². The van der Waals surface area contributed by atoms with Crippen LogP contribution in [0.25, 0.3) is 22.1 Å². The van der Waals surface area contributed by atoms with Crippen molar-refractivity contribution in [3.05, 3.63) is 79.8 Å². The highest BCUT2D eigenvalue weighted by atomic mass is 32.2. The lowest BCUT2D eigenvalue weighted by molar-refractivity contribution is 0.280. The molecule has 0 radical (unpaired) electrons. The van der Waals surface area contributed by atoms with Gasteiger partial charge in [0.25, 0.3) is 0 Å². The van der Waals surface area contributed by atoms with Gasteiger partial charge in [0.2, 0.25) is 0 Å². The number of aromatic nitrogens is 4. The number of benzene rings is 2. The van der Waals surface area contributed by atoms with Crippen LogP contribution in [-0.4, -0.2) is 19.9 Å². The first kappa shape index (κ1) is 26.9. The van der Waals surface area contributed by atoms with Crippen molar-refractivity contribution in [1.82, 2.24) is 19.9 Å². The SMILES string of the molecule is CC(C)C1CC2C=CC1c1nc3cc4c(cc3nc12)S/C(=C1/Sc2cc3nc5c(nc3cc2S1)C1C=CC5CC1C(C)C)S4. The molecule has 0 amide bonds. The Hall–Kier alpha value is -2.26. The smallest absolute Gasteiger partial charge is 0.0902 e. The van der Waals surface area contributed by atoms with E-state index < -0.39 is 0 Å². The fourth-order valence-electron chi connectivity index (χ4n) is 8.34. The largest absolute Gasteiger partial charge is 0.249 e. The minimum Gasteiger partial charge on any atom is -0.249 e. The van der Waals surface area contributed by atoms with E-state index in [4.69, 9.17) is 19.9 Å². The van der Waals surface area contributed by atoms with Gasteiger partial charge in [-0.25, -0.2) is 19.9 Å². The number of hydrogen-bond acceptors (Lipinski definition) is 8. The molecule has 12 rings (SSSR count). The minimum atomic E-state index is 0.401. The molecule has 0 fully saturated rings. The second-order valence-corrected chi connectivity index (χ2v) is 18.6. The average Bonchev–Trinajstić information content (AvgIpc) is 3.64. The Labute approximate surface area is 274 Å². The van der Waals surface area contributed by atoms with E-state index in [1.54, 1.807) is 0 Å². The fourth-order valence-corrected chi connectivity index (χ4v) is 13.7. The predicted octanol–water partition coefficient (Wildman–Crippen LogP) is 10.6. The van der Waals surface area contributed by atoms with Gasteiger partial charge in [0.05, 0.1) is 53.3 Å². The first-order valence-corrected chi connectivity index (χ1v) is 19.2. The maximum Gasteiger partial charge on any atom is 0.0902 e. The van der Waals surface area contributed by atoms with E-state index >= 15 is 0 Å². The highest BCUT2D eigenvalue weighted by Gasteiger charge is 2.41. The van der Waals surface area contributed by atoms with Crippen molar-refractivity contribution in [2.24, 2.45) is 23.7 Å². The molecule has 0 saturated carbocycles.